The van der Waals surface area contributed by atoms with E-state index in [0.717, 1.165) is 64.2 Å². The lowest BCUT2D eigenvalue weighted by atomic mass is 10.0. The molecule has 0 spiro atoms. The van der Waals surface area contributed by atoms with Crippen molar-refractivity contribution in [3.63, 3.8) is 0 Å². The molecule has 388 valence electrons. The minimum absolute atomic E-state index is 0.0929. The van der Waals surface area contributed by atoms with Crippen molar-refractivity contribution in [1.82, 2.24) is 0 Å². The molecule has 0 rings (SSSR count). The van der Waals surface area contributed by atoms with Gasteiger partial charge in [0.25, 0.3) is 0 Å². The van der Waals surface area contributed by atoms with E-state index in [1.54, 1.807) is 0 Å². The number of esters is 3. The van der Waals surface area contributed by atoms with Crippen molar-refractivity contribution in [1.29, 1.82) is 0 Å². The van der Waals surface area contributed by atoms with Crippen LogP contribution in [0.1, 0.15) is 290 Å². The number of rotatable bonds is 52. The molecule has 0 aliphatic heterocycles. The molecule has 0 fully saturated rings. The van der Waals surface area contributed by atoms with Crippen LogP contribution in [0.3, 0.4) is 0 Å². The standard InChI is InChI=1S/C61H108O6/c1-4-7-10-13-16-19-22-25-27-29-30-32-34-37-39-42-45-48-51-54-60(63)66-57-58(67-61(64)55-52-49-46-43-40-35-24-21-18-15-12-9-6-3)56-65-59(62)53-50-47-44-41-38-36-33-31-28-26-23-20-17-14-11-8-5-2/h16,19,25,27,30,32,37,39,45,48,58H,4-15,17-18,20-24,26,28-29,31,33-36,38,40-44,46-47,49-57H2,1-3H3/b19-16-,27-25-,32-30-,39-37-,48-45-/t58-/m0/s1. The van der Waals surface area contributed by atoms with E-state index in [-0.39, 0.29) is 37.5 Å². The van der Waals surface area contributed by atoms with E-state index in [4.69, 9.17) is 14.2 Å². The number of carbonyl (C=O) groups is 3. The Labute approximate surface area is 415 Å². The molecule has 0 saturated carbocycles. The number of unbranched alkanes of at least 4 members (excludes halogenated alkanes) is 31. The van der Waals surface area contributed by atoms with Crippen molar-refractivity contribution in [3.8, 4) is 0 Å². The Morgan fingerprint density at radius 2 is 0.567 bits per heavy atom. The molecule has 67 heavy (non-hydrogen) atoms. The summed E-state index contributed by atoms with van der Waals surface area (Å²) in [5.74, 6) is -0.966. The lowest BCUT2D eigenvalue weighted by Gasteiger charge is -2.18. The van der Waals surface area contributed by atoms with Crippen molar-refractivity contribution in [3.05, 3.63) is 60.8 Å². The van der Waals surface area contributed by atoms with E-state index < -0.39 is 6.10 Å². The molecule has 0 aromatic carbocycles. The minimum Gasteiger partial charge on any atom is -0.462 e. The molecular formula is C61H108O6. The highest BCUT2D eigenvalue weighted by Crippen LogP contribution is 2.16. The third-order valence-corrected chi connectivity index (χ3v) is 12.5. The van der Waals surface area contributed by atoms with Gasteiger partial charge >= 0.3 is 17.9 Å². The second kappa shape index (κ2) is 55.7. The summed E-state index contributed by atoms with van der Waals surface area (Å²) >= 11 is 0. The Bertz CT molecular complexity index is 1210. The second-order valence-electron chi connectivity index (χ2n) is 19.2. The number of carbonyl (C=O) groups excluding carboxylic acids is 3. The maximum atomic E-state index is 12.8. The molecule has 0 amide bonds. The molecule has 0 aliphatic carbocycles. The van der Waals surface area contributed by atoms with E-state index in [0.29, 0.717) is 19.3 Å². The van der Waals surface area contributed by atoms with Crippen LogP contribution in [0, 0.1) is 0 Å². The zero-order valence-electron chi connectivity index (χ0n) is 44.4. The highest BCUT2D eigenvalue weighted by Gasteiger charge is 2.19. The maximum Gasteiger partial charge on any atom is 0.306 e. The molecule has 0 aromatic heterocycles. The first-order valence-electron chi connectivity index (χ1n) is 28.8. The molecule has 6 heteroatoms. The summed E-state index contributed by atoms with van der Waals surface area (Å²) in [5, 5.41) is 0. The zero-order chi connectivity index (χ0) is 48.6. The van der Waals surface area contributed by atoms with Crippen LogP contribution in [0.5, 0.6) is 0 Å². The summed E-state index contributed by atoms with van der Waals surface area (Å²) in [4.78, 5) is 38.1. The average Bonchev–Trinajstić information content (AvgIpc) is 3.33. The van der Waals surface area contributed by atoms with Crippen molar-refractivity contribution >= 4 is 17.9 Å². The Hall–Kier alpha value is -2.89. The van der Waals surface area contributed by atoms with E-state index >= 15 is 0 Å². The molecular weight excluding hydrogens is 829 g/mol. The third kappa shape index (κ3) is 53.9. The molecule has 0 aliphatic rings. The molecule has 1 atom stereocenters. The summed E-state index contributed by atoms with van der Waals surface area (Å²) in [6.45, 7) is 6.58. The Kier molecular flexibility index (Phi) is 53.3. The number of ether oxygens (including phenoxy) is 3. The first-order valence-corrected chi connectivity index (χ1v) is 28.8. The quantitative estimate of drug-likeness (QED) is 0.0262. The predicted octanol–water partition coefficient (Wildman–Crippen LogP) is 19.2. The van der Waals surface area contributed by atoms with Gasteiger partial charge in [-0.1, -0.05) is 274 Å². The predicted molar refractivity (Wildman–Crippen MR) is 288 cm³/mol. The Balaban J connectivity index is 4.43. The molecule has 0 bridgehead atoms. The molecule has 6 nitrogen and oxygen atoms in total. The highest BCUT2D eigenvalue weighted by molar-refractivity contribution is 5.71. The number of hydrogen-bond acceptors (Lipinski definition) is 6. The zero-order valence-corrected chi connectivity index (χ0v) is 44.4. The topological polar surface area (TPSA) is 78.9 Å². The number of hydrogen-bond donors (Lipinski definition) is 0. The molecule has 0 radical (unpaired) electrons. The van der Waals surface area contributed by atoms with Gasteiger partial charge in [0.2, 0.25) is 0 Å². The van der Waals surface area contributed by atoms with Gasteiger partial charge in [-0.25, -0.2) is 0 Å². The summed E-state index contributed by atoms with van der Waals surface area (Å²) in [5.41, 5.74) is 0. The summed E-state index contributed by atoms with van der Waals surface area (Å²) in [7, 11) is 0. The van der Waals surface area contributed by atoms with Gasteiger partial charge in [-0.3, -0.25) is 14.4 Å². The molecule has 0 N–H and O–H groups in total. The average molecular weight is 938 g/mol. The van der Waals surface area contributed by atoms with Crippen molar-refractivity contribution in [2.45, 2.75) is 297 Å². The van der Waals surface area contributed by atoms with Crippen molar-refractivity contribution in [2.24, 2.45) is 0 Å². The smallest absolute Gasteiger partial charge is 0.306 e. The Morgan fingerprint density at radius 3 is 0.925 bits per heavy atom. The second-order valence-corrected chi connectivity index (χ2v) is 19.2. The van der Waals surface area contributed by atoms with Gasteiger partial charge in [0.05, 0.1) is 0 Å². The van der Waals surface area contributed by atoms with Crippen LogP contribution in [0.2, 0.25) is 0 Å². The normalized spacial score (nSPS) is 12.5. The lowest BCUT2D eigenvalue weighted by Crippen LogP contribution is -2.30. The van der Waals surface area contributed by atoms with E-state index in [9.17, 15) is 14.4 Å². The van der Waals surface area contributed by atoms with Crippen LogP contribution in [0.25, 0.3) is 0 Å². The minimum atomic E-state index is -0.800. The number of allylic oxidation sites excluding steroid dienone is 10. The van der Waals surface area contributed by atoms with E-state index in [1.807, 2.05) is 6.08 Å². The summed E-state index contributed by atoms with van der Waals surface area (Å²) in [6, 6.07) is 0. The first kappa shape index (κ1) is 64.1. The van der Waals surface area contributed by atoms with Crippen LogP contribution in [-0.4, -0.2) is 37.2 Å². The van der Waals surface area contributed by atoms with Gasteiger partial charge in [0, 0.05) is 19.3 Å². The first-order chi connectivity index (χ1) is 33.0. The van der Waals surface area contributed by atoms with Crippen LogP contribution in [0.4, 0.5) is 0 Å². The van der Waals surface area contributed by atoms with Gasteiger partial charge in [0.15, 0.2) is 6.10 Å². The molecule has 0 unspecified atom stereocenters. The van der Waals surface area contributed by atoms with Crippen LogP contribution in [-0.2, 0) is 28.6 Å². The molecule has 0 saturated heterocycles. The fourth-order valence-electron chi connectivity index (χ4n) is 8.19. The van der Waals surface area contributed by atoms with Crippen LogP contribution < -0.4 is 0 Å². The fourth-order valence-corrected chi connectivity index (χ4v) is 8.19. The van der Waals surface area contributed by atoms with Gasteiger partial charge in [-0.15, -0.1) is 0 Å². The SMILES string of the molecule is CCCCC/C=C\C/C=C\C/C=C\C/C=C\C/C=C\CCC(=O)OC[C@H](COC(=O)CCCCCCCCCCCCCCCCCCC)OC(=O)CCCCCCCCCCCCCCC. The highest BCUT2D eigenvalue weighted by atomic mass is 16.6. The monoisotopic (exact) mass is 937 g/mol. The lowest BCUT2D eigenvalue weighted by molar-refractivity contribution is -0.166. The van der Waals surface area contributed by atoms with Gasteiger partial charge in [0.1, 0.15) is 13.2 Å². The summed E-state index contributed by atoms with van der Waals surface area (Å²) in [6.07, 6.45) is 69.3. The summed E-state index contributed by atoms with van der Waals surface area (Å²) < 4.78 is 16.8. The van der Waals surface area contributed by atoms with Crippen LogP contribution >= 0.6 is 0 Å². The van der Waals surface area contributed by atoms with E-state index in [2.05, 4.69) is 75.5 Å². The largest absolute Gasteiger partial charge is 0.462 e. The van der Waals surface area contributed by atoms with Gasteiger partial charge in [-0.2, -0.15) is 0 Å². The van der Waals surface area contributed by atoms with Gasteiger partial charge in [-0.05, 0) is 57.8 Å². The third-order valence-electron chi connectivity index (χ3n) is 12.5. The molecule has 0 aromatic rings. The van der Waals surface area contributed by atoms with E-state index in [1.165, 1.54) is 180 Å². The molecule has 0 heterocycles. The van der Waals surface area contributed by atoms with Crippen molar-refractivity contribution in [2.75, 3.05) is 13.2 Å². The van der Waals surface area contributed by atoms with Crippen molar-refractivity contribution < 1.29 is 28.6 Å². The van der Waals surface area contributed by atoms with Gasteiger partial charge < -0.3 is 14.2 Å². The van der Waals surface area contributed by atoms with Crippen LogP contribution in [0.15, 0.2) is 60.8 Å². The maximum absolute atomic E-state index is 12.8. The fraction of sp³-hybridized carbons (Fsp3) is 0.787. The Morgan fingerprint density at radius 1 is 0.299 bits per heavy atom.